The van der Waals surface area contributed by atoms with Crippen molar-refractivity contribution >= 4 is 11.6 Å². The molecular formula is C15H11ClN2O. The van der Waals surface area contributed by atoms with Gasteiger partial charge in [0.15, 0.2) is 0 Å². The maximum Gasteiger partial charge on any atom is 0.258 e. The molecule has 4 heteroatoms. The third kappa shape index (κ3) is 2.37. The fourth-order valence-electron chi connectivity index (χ4n) is 1.77. The molecule has 0 bridgehead atoms. The Balaban J connectivity index is 1.99. The molecule has 0 N–H and O–H groups in total. The molecule has 0 saturated heterocycles. The molecule has 0 atom stereocenters. The monoisotopic (exact) mass is 270 g/mol. The normalized spacial score (nSPS) is 10.6. The van der Waals surface area contributed by atoms with Crippen LogP contribution in [0.1, 0.15) is 5.56 Å². The van der Waals surface area contributed by atoms with E-state index in [1.807, 2.05) is 55.5 Å². The van der Waals surface area contributed by atoms with Crippen LogP contribution in [0.15, 0.2) is 53.1 Å². The third-order valence-corrected chi connectivity index (χ3v) is 3.28. The summed E-state index contributed by atoms with van der Waals surface area (Å²) < 4.78 is 5.28. The molecule has 0 amide bonds. The molecule has 0 radical (unpaired) electrons. The topological polar surface area (TPSA) is 38.9 Å². The number of rotatable bonds is 2. The van der Waals surface area contributed by atoms with Crippen molar-refractivity contribution in [3.8, 4) is 22.8 Å². The predicted molar refractivity (Wildman–Crippen MR) is 74.9 cm³/mol. The molecule has 1 aromatic heterocycles. The number of aryl methyl sites for hydroxylation is 1. The van der Waals surface area contributed by atoms with Crippen LogP contribution in [0.25, 0.3) is 22.8 Å². The molecule has 1 heterocycles. The lowest BCUT2D eigenvalue weighted by molar-refractivity contribution is 0.432. The molecule has 0 aliphatic rings. The molecule has 0 spiro atoms. The van der Waals surface area contributed by atoms with Gasteiger partial charge >= 0.3 is 0 Å². The maximum atomic E-state index is 6.10. The molecular weight excluding hydrogens is 260 g/mol. The summed E-state index contributed by atoms with van der Waals surface area (Å²) in [6, 6.07) is 15.4. The number of nitrogens with zero attached hydrogens (tertiary/aromatic N) is 2. The van der Waals surface area contributed by atoms with E-state index in [9.17, 15) is 0 Å². The Morgan fingerprint density at radius 2 is 1.79 bits per heavy atom. The first-order valence-corrected chi connectivity index (χ1v) is 6.27. The Morgan fingerprint density at radius 3 is 2.53 bits per heavy atom. The van der Waals surface area contributed by atoms with Crippen molar-refractivity contribution in [2.75, 3.05) is 0 Å². The van der Waals surface area contributed by atoms with Gasteiger partial charge in [0.05, 0.1) is 0 Å². The Labute approximate surface area is 115 Å². The van der Waals surface area contributed by atoms with Gasteiger partial charge in [-0.3, -0.25) is 0 Å². The van der Waals surface area contributed by atoms with E-state index in [1.165, 1.54) is 0 Å². The van der Waals surface area contributed by atoms with Crippen molar-refractivity contribution in [3.05, 3.63) is 59.1 Å². The van der Waals surface area contributed by atoms with Crippen molar-refractivity contribution < 1.29 is 4.52 Å². The highest BCUT2D eigenvalue weighted by molar-refractivity contribution is 6.31. The summed E-state index contributed by atoms with van der Waals surface area (Å²) in [4.78, 5) is 4.39. The van der Waals surface area contributed by atoms with E-state index in [2.05, 4.69) is 10.1 Å². The van der Waals surface area contributed by atoms with Gasteiger partial charge in [-0.05, 0) is 24.6 Å². The second-order valence-corrected chi connectivity index (χ2v) is 4.66. The average Bonchev–Trinajstić information content (AvgIpc) is 2.93. The lowest BCUT2D eigenvalue weighted by Gasteiger charge is -1.98. The molecule has 3 rings (SSSR count). The zero-order valence-electron chi connectivity index (χ0n) is 10.3. The summed E-state index contributed by atoms with van der Waals surface area (Å²) in [6.07, 6.45) is 0. The first-order chi connectivity index (χ1) is 9.24. The molecule has 0 fully saturated rings. The fraction of sp³-hybridized carbons (Fsp3) is 0.0667. The smallest absolute Gasteiger partial charge is 0.258 e. The molecule has 19 heavy (non-hydrogen) atoms. The maximum absolute atomic E-state index is 6.10. The van der Waals surface area contributed by atoms with Gasteiger partial charge in [-0.15, -0.1) is 0 Å². The number of halogens is 1. The highest BCUT2D eigenvalue weighted by Crippen LogP contribution is 2.26. The lowest BCUT2D eigenvalue weighted by Crippen LogP contribution is -1.82. The van der Waals surface area contributed by atoms with Crippen molar-refractivity contribution in [1.29, 1.82) is 0 Å². The predicted octanol–water partition coefficient (Wildman–Crippen LogP) is 4.37. The lowest BCUT2D eigenvalue weighted by atomic mass is 10.1. The minimum Gasteiger partial charge on any atom is -0.334 e. The van der Waals surface area contributed by atoms with Crippen LogP contribution in [0.3, 0.4) is 0 Å². The van der Waals surface area contributed by atoms with Crippen LogP contribution < -0.4 is 0 Å². The SMILES string of the molecule is Cc1ccc(-c2nc(-c3ccccc3)no2)cc1Cl. The number of hydrogen-bond acceptors (Lipinski definition) is 3. The van der Waals surface area contributed by atoms with Gasteiger partial charge in [0, 0.05) is 16.1 Å². The zero-order valence-corrected chi connectivity index (χ0v) is 11.1. The minimum absolute atomic E-state index is 0.473. The Bertz CT molecular complexity index is 707. The van der Waals surface area contributed by atoms with Crippen LogP contribution >= 0.6 is 11.6 Å². The molecule has 0 aliphatic carbocycles. The quantitative estimate of drug-likeness (QED) is 0.694. The fourth-order valence-corrected chi connectivity index (χ4v) is 1.95. The average molecular weight is 271 g/mol. The van der Waals surface area contributed by atoms with Gasteiger partial charge in [0.2, 0.25) is 5.82 Å². The minimum atomic E-state index is 0.473. The Kier molecular flexibility index (Phi) is 3.05. The highest BCUT2D eigenvalue weighted by Gasteiger charge is 2.11. The summed E-state index contributed by atoms with van der Waals surface area (Å²) in [7, 11) is 0. The van der Waals surface area contributed by atoms with Crippen LogP contribution in [0.5, 0.6) is 0 Å². The number of hydrogen-bond donors (Lipinski definition) is 0. The van der Waals surface area contributed by atoms with Crippen molar-refractivity contribution in [2.45, 2.75) is 6.92 Å². The van der Waals surface area contributed by atoms with E-state index in [-0.39, 0.29) is 0 Å². The summed E-state index contributed by atoms with van der Waals surface area (Å²) >= 11 is 6.10. The summed E-state index contributed by atoms with van der Waals surface area (Å²) in [5.41, 5.74) is 2.77. The Morgan fingerprint density at radius 1 is 1.00 bits per heavy atom. The molecule has 0 aliphatic heterocycles. The van der Waals surface area contributed by atoms with Crippen LogP contribution in [0.2, 0.25) is 5.02 Å². The van der Waals surface area contributed by atoms with E-state index >= 15 is 0 Å². The van der Waals surface area contributed by atoms with Crippen LogP contribution in [-0.2, 0) is 0 Å². The summed E-state index contributed by atoms with van der Waals surface area (Å²) in [5.74, 6) is 1.05. The molecule has 94 valence electrons. The van der Waals surface area contributed by atoms with Crippen LogP contribution in [0, 0.1) is 6.92 Å². The number of aromatic nitrogens is 2. The molecule has 0 saturated carbocycles. The van der Waals surface area contributed by atoms with E-state index in [0.717, 1.165) is 16.7 Å². The second kappa shape index (κ2) is 4.86. The van der Waals surface area contributed by atoms with Crippen LogP contribution in [-0.4, -0.2) is 10.1 Å². The third-order valence-electron chi connectivity index (χ3n) is 2.88. The van der Waals surface area contributed by atoms with Gasteiger partial charge in [-0.25, -0.2) is 0 Å². The van der Waals surface area contributed by atoms with Gasteiger partial charge < -0.3 is 4.52 Å². The van der Waals surface area contributed by atoms with E-state index < -0.39 is 0 Å². The molecule has 2 aromatic carbocycles. The first-order valence-electron chi connectivity index (χ1n) is 5.90. The molecule has 3 nitrogen and oxygen atoms in total. The van der Waals surface area contributed by atoms with Gasteiger partial charge in [0.1, 0.15) is 0 Å². The number of benzene rings is 2. The first kappa shape index (κ1) is 11.9. The largest absolute Gasteiger partial charge is 0.334 e. The van der Waals surface area contributed by atoms with Crippen LogP contribution in [0.4, 0.5) is 0 Å². The zero-order chi connectivity index (χ0) is 13.2. The standard InChI is InChI=1S/C15H11ClN2O/c1-10-7-8-12(9-13(10)16)15-17-14(18-19-15)11-5-3-2-4-6-11/h2-9H,1H3. The van der Waals surface area contributed by atoms with E-state index in [0.29, 0.717) is 16.7 Å². The summed E-state index contributed by atoms with van der Waals surface area (Å²) in [6.45, 7) is 1.95. The highest BCUT2D eigenvalue weighted by atomic mass is 35.5. The van der Waals surface area contributed by atoms with Gasteiger partial charge in [0.25, 0.3) is 5.89 Å². The van der Waals surface area contributed by atoms with Crippen molar-refractivity contribution in [1.82, 2.24) is 10.1 Å². The molecule has 3 aromatic rings. The van der Waals surface area contributed by atoms with E-state index in [4.69, 9.17) is 16.1 Å². The molecule has 0 unspecified atom stereocenters. The van der Waals surface area contributed by atoms with Crippen molar-refractivity contribution in [2.24, 2.45) is 0 Å². The van der Waals surface area contributed by atoms with Gasteiger partial charge in [-0.2, -0.15) is 4.98 Å². The second-order valence-electron chi connectivity index (χ2n) is 4.25. The Hall–Kier alpha value is -2.13. The van der Waals surface area contributed by atoms with E-state index in [1.54, 1.807) is 0 Å². The van der Waals surface area contributed by atoms with Gasteiger partial charge in [-0.1, -0.05) is 53.2 Å². The summed E-state index contributed by atoms with van der Waals surface area (Å²) in [5, 5.41) is 4.68. The van der Waals surface area contributed by atoms with Crippen molar-refractivity contribution in [3.63, 3.8) is 0 Å².